The summed E-state index contributed by atoms with van der Waals surface area (Å²) in [7, 11) is 0. The molecule has 2 nitrogen and oxygen atoms in total. The summed E-state index contributed by atoms with van der Waals surface area (Å²) in [5.41, 5.74) is 1.86. The molecule has 1 aromatic rings. The summed E-state index contributed by atoms with van der Waals surface area (Å²) in [4.78, 5) is 4.46. The molecule has 0 fully saturated rings. The first-order valence-corrected chi connectivity index (χ1v) is 5.25. The van der Waals surface area contributed by atoms with Crippen LogP contribution in [0.1, 0.15) is 25.3 Å². The number of aliphatic imine (C=N–C) groups is 1. The molecule has 0 amide bonds. The van der Waals surface area contributed by atoms with Gasteiger partial charge in [0.25, 0.3) is 0 Å². The van der Waals surface area contributed by atoms with Crippen molar-refractivity contribution in [3.05, 3.63) is 29.6 Å². The van der Waals surface area contributed by atoms with E-state index in [2.05, 4.69) is 17.2 Å². The first kappa shape index (κ1) is 13.0. The number of benzene rings is 1. The van der Waals surface area contributed by atoms with E-state index in [4.69, 9.17) is 0 Å². The van der Waals surface area contributed by atoms with Crippen LogP contribution < -0.4 is 5.32 Å². The lowest BCUT2D eigenvalue weighted by molar-refractivity contribution is 0.627. The highest BCUT2D eigenvalue weighted by Crippen LogP contribution is 2.19. The number of hydrogen-bond acceptors (Lipinski definition) is 2. The van der Waals surface area contributed by atoms with Gasteiger partial charge in [-0.3, -0.25) is 4.99 Å². The van der Waals surface area contributed by atoms with Crippen molar-refractivity contribution >= 4 is 23.9 Å². The Morgan fingerprint density at radius 1 is 1.44 bits per heavy atom. The largest absolute Gasteiger partial charge is 0.344 e. The third-order valence-electron chi connectivity index (χ3n) is 2.64. The topological polar surface area (TPSA) is 24.4 Å². The Kier molecular flexibility index (Phi) is 4.30. The van der Waals surface area contributed by atoms with E-state index < -0.39 is 0 Å². The molecular formula is C12H16ClFN2. The lowest BCUT2D eigenvalue weighted by atomic mass is 10.2. The van der Waals surface area contributed by atoms with Gasteiger partial charge in [-0.05, 0) is 44.0 Å². The van der Waals surface area contributed by atoms with Gasteiger partial charge in [0, 0.05) is 18.2 Å². The highest BCUT2D eigenvalue weighted by molar-refractivity contribution is 5.97. The van der Waals surface area contributed by atoms with Crippen molar-refractivity contribution in [2.75, 3.05) is 5.32 Å². The molecule has 2 rings (SSSR count). The maximum Gasteiger partial charge on any atom is 0.123 e. The lowest BCUT2D eigenvalue weighted by Crippen LogP contribution is -2.09. The molecule has 4 heteroatoms. The van der Waals surface area contributed by atoms with Crippen molar-refractivity contribution in [3.63, 3.8) is 0 Å². The second kappa shape index (κ2) is 5.30. The molecule has 0 saturated heterocycles. The third kappa shape index (κ3) is 2.95. The predicted molar refractivity (Wildman–Crippen MR) is 68.1 cm³/mol. The van der Waals surface area contributed by atoms with Crippen molar-refractivity contribution in [1.82, 2.24) is 0 Å². The van der Waals surface area contributed by atoms with Crippen LogP contribution in [0.2, 0.25) is 0 Å². The molecule has 0 bridgehead atoms. The van der Waals surface area contributed by atoms with Gasteiger partial charge in [-0.15, -0.1) is 12.4 Å². The molecule has 0 aliphatic carbocycles. The molecule has 1 aliphatic heterocycles. The summed E-state index contributed by atoms with van der Waals surface area (Å²) in [6.07, 6.45) is 2.08. The number of rotatable bonds is 1. The first-order chi connectivity index (χ1) is 7.15. The Hall–Kier alpha value is -1.09. The molecule has 1 aromatic carbocycles. The zero-order valence-corrected chi connectivity index (χ0v) is 10.3. The van der Waals surface area contributed by atoms with Gasteiger partial charge in [-0.2, -0.15) is 0 Å². The van der Waals surface area contributed by atoms with Gasteiger partial charge in [0.1, 0.15) is 11.7 Å². The van der Waals surface area contributed by atoms with E-state index in [1.807, 2.05) is 6.92 Å². The number of anilines is 1. The maximum absolute atomic E-state index is 12.9. The summed E-state index contributed by atoms with van der Waals surface area (Å²) in [6, 6.07) is 5.17. The van der Waals surface area contributed by atoms with Crippen LogP contribution in [-0.2, 0) is 0 Å². The number of amidine groups is 1. The average molecular weight is 243 g/mol. The van der Waals surface area contributed by atoms with Crippen LogP contribution in [-0.4, -0.2) is 11.9 Å². The third-order valence-corrected chi connectivity index (χ3v) is 2.64. The van der Waals surface area contributed by atoms with Gasteiger partial charge in [0.05, 0.1) is 0 Å². The molecule has 88 valence electrons. The van der Waals surface area contributed by atoms with Crippen molar-refractivity contribution in [1.29, 1.82) is 0 Å². The average Bonchev–Trinajstić information content (AvgIpc) is 2.56. The highest BCUT2D eigenvalue weighted by atomic mass is 35.5. The van der Waals surface area contributed by atoms with E-state index in [0.717, 1.165) is 29.9 Å². The van der Waals surface area contributed by atoms with Crippen molar-refractivity contribution in [2.45, 2.75) is 32.7 Å². The minimum Gasteiger partial charge on any atom is -0.344 e. The monoisotopic (exact) mass is 242 g/mol. The Morgan fingerprint density at radius 3 is 2.75 bits per heavy atom. The van der Waals surface area contributed by atoms with E-state index in [1.54, 1.807) is 6.07 Å². The number of halogens is 2. The fourth-order valence-corrected chi connectivity index (χ4v) is 1.76. The first-order valence-electron chi connectivity index (χ1n) is 5.25. The van der Waals surface area contributed by atoms with Crippen LogP contribution in [0.25, 0.3) is 0 Å². The maximum atomic E-state index is 12.9. The fourth-order valence-electron chi connectivity index (χ4n) is 1.76. The van der Waals surface area contributed by atoms with Crippen LogP contribution in [0.5, 0.6) is 0 Å². The van der Waals surface area contributed by atoms with E-state index in [0.29, 0.717) is 6.04 Å². The van der Waals surface area contributed by atoms with Crippen LogP contribution in [0.15, 0.2) is 23.2 Å². The van der Waals surface area contributed by atoms with Gasteiger partial charge in [-0.25, -0.2) is 4.39 Å². The van der Waals surface area contributed by atoms with Crippen molar-refractivity contribution in [3.8, 4) is 0 Å². The van der Waals surface area contributed by atoms with Gasteiger partial charge in [0.2, 0.25) is 0 Å². The Morgan fingerprint density at radius 2 is 2.19 bits per heavy atom. The highest BCUT2D eigenvalue weighted by Gasteiger charge is 2.13. The predicted octanol–water partition coefficient (Wildman–Crippen LogP) is 3.55. The Labute approximate surface area is 101 Å². The molecule has 1 aliphatic rings. The van der Waals surface area contributed by atoms with Gasteiger partial charge in [-0.1, -0.05) is 0 Å². The van der Waals surface area contributed by atoms with Gasteiger partial charge in [0.15, 0.2) is 0 Å². The summed E-state index contributed by atoms with van der Waals surface area (Å²) in [5.74, 6) is 0.817. The SMILES string of the molecule is Cc1cc(F)ccc1NC1=NC(C)CC1.Cl. The van der Waals surface area contributed by atoms with Gasteiger partial charge < -0.3 is 5.32 Å². The summed E-state index contributed by atoms with van der Waals surface area (Å²) < 4.78 is 12.9. The molecule has 16 heavy (non-hydrogen) atoms. The van der Waals surface area contributed by atoms with Crippen LogP contribution in [0.4, 0.5) is 10.1 Å². The Balaban J connectivity index is 0.00000128. The second-order valence-electron chi connectivity index (χ2n) is 4.05. The van der Waals surface area contributed by atoms with Crippen molar-refractivity contribution < 1.29 is 4.39 Å². The number of aryl methyl sites for hydroxylation is 1. The quantitative estimate of drug-likeness (QED) is 0.800. The van der Waals surface area contributed by atoms with Gasteiger partial charge >= 0.3 is 0 Å². The molecule has 0 aromatic heterocycles. The van der Waals surface area contributed by atoms with E-state index >= 15 is 0 Å². The molecule has 1 unspecified atom stereocenters. The standard InChI is InChI=1S/C12H15FN2.ClH/c1-8-7-10(13)4-5-11(8)15-12-6-3-9(2)14-12;/h4-5,7,9H,3,6H2,1-2H3,(H,14,15);1H. The minimum atomic E-state index is -0.195. The Bertz CT molecular complexity index is 404. The molecule has 0 saturated carbocycles. The van der Waals surface area contributed by atoms with Crippen LogP contribution in [0.3, 0.4) is 0 Å². The van der Waals surface area contributed by atoms with E-state index in [1.165, 1.54) is 12.1 Å². The molecule has 1 atom stereocenters. The smallest absolute Gasteiger partial charge is 0.123 e. The summed E-state index contributed by atoms with van der Waals surface area (Å²) >= 11 is 0. The van der Waals surface area contributed by atoms with Crippen LogP contribution >= 0.6 is 12.4 Å². The molecule has 1 N–H and O–H groups in total. The summed E-state index contributed by atoms with van der Waals surface area (Å²) in [6.45, 7) is 4.00. The molecule has 1 heterocycles. The van der Waals surface area contributed by atoms with E-state index in [-0.39, 0.29) is 18.2 Å². The second-order valence-corrected chi connectivity index (χ2v) is 4.05. The zero-order valence-electron chi connectivity index (χ0n) is 9.46. The normalized spacial score (nSPS) is 18.9. The fraction of sp³-hybridized carbons (Fsp3) is 0.417. The number of nitrogens with one attached hydrogen (secondary N) is 1. The molecular weight excluding hydrogens is 227 g/mol. The number of nitrogens with zero attached hydrogens (tertiary/aromatic N) is 1. The van der Waals surface area contributed by atoms with Crippen LogP contribution in [0, 0.1) is 12.7 Å². The zero-order chi connectivity index (χ0) is 10.8. The summed E-state index contributed by atoms with van der Waals surface area (Å²) in [5, 5.41) is 3.25. The lowest BCUT2D eigenvalue weighted by Gasteiger charge is -2.08. The van der Waals surface area contributed by atoms with Crippen molar-refractivity contribution in [2.24, 2.45) is 4.99 Å². The molecule has 0 radical (unpaired) electrons. The molecule has 0 spiro atoms. The van der Waals surface area contributed by atoms with E-state index in [9.17, 15) is 4.39 Å². The minimum absolute atomic E-state index is 0. The number of hydrogen-bond donors (Lipinski definition) is 1.